The predicted molar refractivity (Wildman–Crippen MR) is 112 cm³/mol. The Morgan fingerprint density at radius 3 is 2.12 bits per heavy atom. The number of benzene rings is 3. The standard InChI is InChI=1S/C22H15Br2N/c1-25(2)14-6-3-12(4-7-14)19-21-17-11-13(23)5-8-15(17)16-9-10-18(24)22(19)20(16)21/h3-11H,1-2H3. The first kappa shape index (κ1) is 15.4. The lowest BCUT2D eigenvalue weighted by Crippen LogP contribution is -2.39. The van der Waals surface area contributed by atoms with Gasteiger partial charge in [0, 0.05) is 33.9 Å². The van der Waals surface area contributed by atoms with Gasteiger partial charge in [-0.05, 0) is 69.0 Å². The van der Waals surface area contributed by atoms with Crippen molar-refractivity contribution >= 4 is 48.7 Å². The monoisotopic (exact) mass is 451 g/mol. The second-order valence-corrected chi connectivity index (χ2v) is 8.50. The molecule has 0 spiro atoms. The summed E-state index contributed by atoms with van der Waals surface area (Å²) in [5, 5.41) is 2.74. The summed E-state index contributed by atoms with van der Waals surface area (Å²) in [6, 6.07) is 19.8. The molecule has 3 heteroatoms. The Bertz CT molecular complexity index is 1170. The zero-order valence-electron chi connectivity index (χ0n) is 13.9. The molecule has 122 valence electrons. The molecule has 3 aromatic carbocycles. The van der Waals surface area contributed by atoms with Crippen LogP contribution < -0.4 is 15.3 Å². The van der Waals surface area contributed by atoms with Gasteiger partial charge in [0.25, 0.3) is 0 Å². The van der Waals surface area contributed by atoms with E-state index in [2.05, 4.69) is 105 Å². The third-order valence-electron chi connectivity index (χ3n) is 5.12. The molecular weight excluding hydrogens is 438 g/mol. The van der Waals surface area contributed by atoms with Crippen LogP contribution >= 0.6 is 31.9 Å². The summed E-state index contributed by atoms with van der Waals surface area (Å²) in [6.45, 7) is 0. The third-order valence-corrected chi connectivity index (χ3v) is 6.27. The maximum atomic E-state index is 3.77. The summed E-state index contributed by atoms with van der Waals surface area (Å²) in [4.78, 5) is 2.13. The van der Waals surface area contributed by atoms with Gasteiger partial charge in [0.05, 0.1) is 0 Å². The van der Waals surface area contributed by atoms with Crippen LogP contribution in [0.25, 0.3) is 22.3 Å². The molecule has 5 rings (SSSR count). The Labute approximate surface area is 163 Å². The van der Waals surface area contributed by atoms with Crippen LogP contribution in [0.4, 0.5) is 5.69 Å². The van der Waals surface area contributed by atoms with Gasteiger partial charge in [-0.25, -0.2) is 0 Å². The molecule has 1 nitrogen and oxygen atoms in total. The number of halogens is 2. The van der Waals surface area contributed by atoms with E-state index in [4.69, 9.17) is 0 Å². The molecule has 0 atom stereocenters. The van der Waals surface area contributed by atoms with E-state index in [0.717, 1.165) is 4.47 Å². The van der Waals surface area contributed by atoms with E-state index in [-0.39, 0.29) is 0 Å². The van der Waals surface area contributed by atoms with Crippen molar-refractivity contribution in [3.05, 3.63) is 85.1 Å². The van der Waals surface area contributed by atoms with Crippen molar-refractivity contribution < 1.29 is 0 Å². The number of fused-ring (bicyclic) bond motifs is 3. The van der Waals surface area contributed by atoms with Crippen LogP contribution in [0.5, 0.6) is 0 Å². The smallest absolute Gasteiger partial charge is 0.0361 e. The molecule has 0 radical (unpaired) electrons. The van der Waals surface area contributed by atoms with Crippen molar-refractivity contribution in [2.24, 2.45) is 0 Å². The summed E-state index contributed by atoms with van der Waals surface area (Å²) >= 11 is 7.41. The highest BCUT2D eigenvalue weighted by Gasteiger charge is 2.31. The molecule has 0 unspecified atom stereocenters. The first-order chi connectivity index (χ1) is 12.1. The van der Waals surface area contributed by atoms with Gasteiger partial charge in [0.1, 0.15) is 0 Å². The Morgan fingerprint density at radius 1 is 0.680 bits per heavy atom. The zero-order valence-corrected chi connectivity index (χ0v) is 17.1. The van der Waals surface area contributed by atoms with Gasteiger partial charge in [0.2, 0.25) is 0 Å². The van der Waals surface area contributed by atoms with Crippen molar-refractivity contribution in [1.29, 1.82) is 0 Å². The zero-order chi connectivity index (χ0) is 17.3. The van der Waals surface area contributed by atoms with Crippen LogP contribution in [0.3, 0.4) is 0 Å². The van der Waals surface area contributed by atoms with E-state index in [9.17, 15) is 0 Å². The first-order valence-electron chi connectivity index (χ1n) is 8.22. The number of nitrogens with zero attached hydrogens (tertiary/aromatic N) is 1. The van der Waals surface area contributed by atoms with Crippen molar-refractivity contribution in [3.63, 3.8) is 0 Å². The van der Waals surface area contributed by atoms with Gasteiger partial charge >= 0.3 is 0 Å². The lowest BCUT2D eigenvalue weighted by Gasteiger charge is -2.21. The van der Waals surface area contributed by atoms with Gasteiger partial charge in [-0.3, -0.25) is 0 Å². The molecule has 0 heterocycles. The average molecular weight is 453 g/mol. The van der Waals surface area contributed by atoms with E-state index < -0.39 is 0 Å². The van der Waals surface area contributed by atoms with Crippen molar-refractivity contribution in [2.75, 3.05) is 19.0 Å². The second-order valence-electron chi connectivity index (χ2n) is 6.73. The fourth-order valence-corrected chi connectivity index (χ4v) is 4.83. The number of anilines is 1. The minimum Gasteiger partial charge on any atom is -0.378 e. The lowest BCUT2D eigenvalue weighted by molar-refractivity contribution is 1.13. The summed E-state index contributed by atoms with van der Waals surface area (Å²) in [7, 11) is 4.15. The molecule has 0 N–H and O–H groups in total. The fourth-order valence-electron chi connectivity index (χ4n) is 3.94. The maximum Gasteiger partial charge on any atom is 0.0361 e. The Morgan fingerprint density at radius 2 is 1.40 bits per heavy atom. The van der Waals surface area contributed by atoms with E-state index in [0.29, 0.717) is 0 Å². The molecule has 0 bridgehead atoms. The highest BCUT2D eigenvalue weighted by molar-refractivity contribution is 9.10. The molecule has 25 heavy (non-hydrogen) atoms. The van der Waals surface area contributed by atoms with E-state index in [1.54, 1.807) is 0 Å². The molecule has 0 fully saturated rings. The normalized spacial score (nSPS) is 13.4. The van der Waals surface area contributed by atoms with Crippen LogP contribution in [0.2, 0.25) is 0 Å². The number of hydrogen-bond donors (Lipinski definition) is 0. The lowest BCUT2D eigenvalue weighted by atomic mass is 9.84. The van der Waals surface area contributed by atoms with Crippen molar-refractivity contribution in [1.82, 2.24) is 0 Å². The molecule has 0 aromatic heterocycles. The molecule has 0 saturated heterocycles. The average Bonchev–Trinajstić information content (AvgIpc) is 2.85. The number of hydrogen-bond acceptors (Lipinski definition) is 1. The predicted octanol–water partition coefficient (Wildman–Crippen LogP) is 4.67. The van der Waals surface area contributed by atoms with Gasteiger partial charge in [0.15, 0.2) is 0 Å². The minimum absolute atomic E-state index is 1.13. The van der Waals surface area contributed by atoms with E-state index >= 15 is 0 Å². The third kappa shape index (κ3) is 2.06. The quantitative estimate of drug-likeness (QED) is 0.546. The summed E-state index contributed by atoms with van der Waals surface area (Å²) in [5.74, 6) is 0. The minimum atomic E-state index is 1.13. The number of rotatable bonds is 2. The van der Waals surface area contributed by atoms with Crippen molar-refractivity contribution in [2.45, 2.75) is 0 Å². The summed E-state index contributed by atoms with van der Waals surface area (Å²) in [5.41, 5.74) is 9.26. The first-order valence-corrected chi connectivity index (χ1v) is 9.80. The molecule has 2 aliphatic rings. The Hall–Kier alpha value is -1.84. The van der Waals surface area contributed by atoms with Gasteiger partial charge in [-0.15, -0.1) is 0 Å². The van der Waals surface area contributed by atoms with Crippen LogP contribution in [-0.4, -0.2) is 14.1 Å². The summed E-state index contributed by atoms with van der Waals surface area (Å²) in [6.07, 6.45) is 0. The fraction of sp³-hybridized carbons (Fsp3) is 0.0909. The van der Waals surface area contributed by atoms with E-state index in [1.807, 2.05) is 0 Å². The Balaban J connectivity index is 1.78. The topological polar surface area (TPSA) is 3.24 Å². The van der Waals surface area contributed by atoms with Crippen LogP contribution in [-0.2, 0) is 0 Å². The SMILES string of the molecule is CN(C)c1ccc(C2=c3c(Br)ccc4c3=C2c2cc(Br)ccc2-4)cc1. The van der Waals surface area contributed by atoms with E-state index in [1.165, 1.54) is 54.0 Å². The molecule has 0 saturated carbocycles. The molecule has 0 amide bonds. The van der Waals surface area contributed by atoms with Gasteiger partial charge in [-0.1, -0.05) is 56.1 Å². The van der Waals surface area contributed by atoms with Crippen LogP contribution in [0.1, 0.15) is 11.1 Å². The molecule has 2 aliphatic carbocycles. The van der Waals surface area contributed by atoms with Gasteiger partial charge < -0.3 is 4.90 Å². The molecular formula is C22H15Br2N. The van der Waals surface area contributed by atoms with Gasteiger partial charge in [-0.2, -0.15) is 0 Å². The molecule has 3 aromatic rings. The highest BCUT2D eigenvalue weighted by atomic mass is 79.9. The second kappa shape index (κ2) is 5.33. The highest BCUT2D eigenvalue weighted by Crippen LogP contribution is 2.42. The van der Waals surface area contributed by atoms with Crippen molar-refractivity contribution in [3.8, 4) is 11.1 Å². The van der Waals surface area contributed by atoms with Crippen LogP contribution in [0.15, 0.2) is 63.5 Å². The van der Waals surface area contributed by atoms with Crippen LogP contribution in [0, 0.1) is 0 Å². The maximum absolute atomic E-state index is 3.77. The largest absolute Gasteiger partial charge is 0.378 e. The summed E-state index contributed by atoms with van der Waals surface area (Å²) < 4.78 is 2.30. The molecule has 0 aliphatic heterocycles. The Kier molecular flexibility index (Phi) is 3.28.